The number of halogens is 2. The average Bonchev–Trinajstić information content (AvgIpc) is 2.82. The molecule has 2 rings (SSSR count). The van der Waals surface area contributed by atoms with Crippen LogP contribution in [0.5, 0.6) is 0 Å². The molecular weight excluding hydrogens is 255 g/mol. The molecule has 0 unspecified atom stereocenters. The van der Waals surface area contributed by atoms with Crippen LogP contribution in [0.1, 0.15) is 19.2 Å². The lowest BCUT2D eigenvalue weighted by Gasteiger charge is -2.01. The van der Waals surface area contributed by atoms with Crippen LogP contribution in [-0.4, -0.2) is 11.5 Å². The molecule has 0 atom stereocenters. The van der Waals surface area contributed by atoms with Gasteiger partial charge in [-0.05, 0) is 25.1 Å². The Morgan fingerprint density at radius 1 is 1.44 bits per heavy atom. The van der Waals surface area contributed by atoms with Crippen molar-refractivity contribution in [1.82, 2.24) is 10.3 Å². The van der Waals surface area contributed by atoms with Gasteiger partial charge in [0.25, 0.3) is 0 Å². The van der Waals surface area contributed by atoms with Crippen molar-refractivity contribution in [3.05, 3.63) is 41.1 Å². The highest BCUT2D eigenvalue weighted by Gasteiger charge is 2.12. The zero-order valence-corrected chi connectivity index (χ0v) is 10.8. The molecular formula is C13H14ClFN2O. The molecule has 0 bridgehead atoms. The maximum atomic E-state index is 13.3. The highest BCUT2D eigenvalue weighted by molar-refractivity contribution is 6.33. The highest BCUT2D eigenvalue weighted by atomic mass is 35.5. The van der Waals surface area contributed by atoms with Crippen LogP contribution in [0.25, 0.3) is 11.3 Å². The normalized spacial score (nSPS) is 10.8. The molecule has 0 fully saturated rings. The summed E-state index contributed by atoms with van der Waals surface area (Å²) in [5, 5.41) is 3.24. The molecule has 0 saturated heterocycles. The molecule has 0 radical (unpaired) electrons. The van der Waals surface area contributed by atoms with E-state index in [0.29, 0.717) is 23.8 Å². The van der Waals surface area contributed by atoms with E-state index in [9.17, 15) is 4.39 Å². The number of nitrogens with zero attached hydrogens (tertiary/aromatic N) is 1. The molecule has 1 aromatic carbocycles. The summed E-state index contributed by atoms with van der Waals surface area (Å²) in [6.07, 6.45) is 2.60. The lowest BCUT2D eigenvalue weighted by molar-refractivity contribution is 0.477. The van der Waals surface area contributed by atoms with E-state index in [4.69, 9.17) is 16.0 Å². The van der Waals surface area contributed by atoms with Gasteiger partial charge in [-0.25, -0.2) is 9.37 Å². The number of hydrogen-bond donors (Lipinski definition) is 1. The largest absolute Gasteiger partial charge is 0.439 e. The van der Waals surface area contributed by atoms with E-state index in [2.05, 4.69) is 17.2 Å². The fourth-order valence-electron chi connectivity index (χ4n) is 1.58. The fourth-order valence-corrected chi connectivity index (χ4v) is 1.80. The molecule has 1 aromatic heterocycles. The van der Waals surface area contributed by atoms with Crippen molar-refractivity contribution in [2.45, 2.75) is 19.9 Å². The number of nitrogens with one attached hydrogen (secondary N) is 1. The molecule has 18 heavy (non-hydrogen) atoms. The summed E-state index contributed by atoms with van der Waals surface area (Å²) >= 11 is 5.89. The number of hydrogen-bond acceptors (Lipinski definition) is 3. The predicted octanol–water partition coefficient (Wildman–Crippen LogP) is 3.63. The minimum atomic E-state index is -0.462. The van der Waals surface area contributed by atoms with Gasteiger partial charge in [0.1, 0.15) is 5.82 Å². The molecule has 0 saturated carbocycles. The number of rotatable bonds is 5. The lowest BCUT2D eigenvalue weighted by Crippen LogP contribution is -2.13. The van der Waals surface area contributed by atoms with Gasteiger partial charge in [-0.1, -0.05) is 24.6 Å². The minimum Gasteiger partial charge on any atom is -0.439 e. The maximum Gasteiger partial charge on any atom is 0.208 e. The Morgan fingerprint density at radius 2 is 2.28 bits per heavy atom. The smallest absolute Gasteiger partial charge is 0.208 e. The van der Waals surface area contributed by atoms with Crippen LogP contribution in [0.2, 0.25) is 5.02 Å². The molecule has 3 nitrogen and oxygen atoms in total. The summed E-state index contributed by atoms with van der Waals surface area (Å²) in [5.41, 5.74) is 0.519. The molecule has 0 aliphatic heterocycles. The molecule has 0 aliphatic rings. The minimum absolute atomic E-state index is 0.0571. The fraction of sp³-hybridized carbons (Fsp3) is 0.308. The van der Waals surface area contributed by atoms with Crippen molar-refractivity contribution in [2.24, 2.45) is 0 Å². The zero-order chi connectivity index (χ0) is 13.0. The van der Waals surface area contributed by atoms with Gasteiger partial charge in [-0.15, -0.1) is 0 Å². The van der Waals surface area contributed by atoms with Gasteiger partial charge in [-0.3, -0.25) is 0 Å². The molecule has 5 heteroatoms. The molecule has 1 N–H and O–H groups in total. The Kier molecular flexibility index (Phi) is 4.33. The Balaban J connectivity index is 2.16. The van der Waals surface area contributed by atoms with Gasteiger partial charge in [0.05, 0.1) is 17.8 Å². The van der Waals surface area contributed by atoms with Crippen LogP contribution in [0.15, 0.2) is 28.8 Å². The molecule has 0 amide bonds. The summed E-state index contributed by atoms with van der Waals surface area (Å²) in [6.45, 7) is 3.54. The standard InChI is InChI=1S/C13H14ClFN2O/c1-2-6-16-8-12-17-7-11(18-12)9-4-3-5-10(15)13(9)14/h3-5,7,16H,2,6,8H2,1H3. The van der Waals surface area contributed by atoms with Crippen molar-refractivity contribution in [3.63, 3.8) is 0 Å². The Bertz CT molecular complexity index is 527. The monoisotopic (exact) mass is 268 g/mol. The van der Waals surface area contributed by atoms with Gasteiger partial charge in [0.2, 0.25) is 5.89 Å². The van der Waals surface area contributed by atoms with Crippen LogP contribution in [0, 0.1) is 5.82 Å². The SMILES string of the molecule is CCCNCc1ncc(-c2cccc(F)c2Cl)o1. The summed E-state index contributed by atoms with van der Waals surface area (Å²) < 4.78 is 18.8. The zero-order valence-electron chi connectivity index (χ0n) is 10.0. The molecule has 0 spiro atoms. The van der Waals surface area contributed by atoms with E-state index in [1.54, 1.807) is 18.3 Å². The molecule has 96 valence electrons. The summed E-state index contributed by atoms with van der Waals surface area (Å²) in [6, 6.07) is 4.61. The van der Waals surface area contributed by atoms with Crippen LogP contribution in [0.4, 0.5) is 4.39 Å². The maximum absolute atomic E-state index is 13.3. The Labute approximate surface area is 110 Å². The summed E-state index contributed by atoms with van der Waals surface area (Å²) in [7, 11) is 0. The van der Waals surface area contributed by atoms with Gasteiger partial charge < -0.3 is 9.73 Å². The van der Waals surface area contributed by atoms with Crippen molar-refractivity contribution >= 4 is 11.6 Å². The van der Waals surface area contributed by atoms with Gasteiger partial charge in [0.15, 0.2) is 5.76 Å². The van der Waals surface area contributed by atoms with Crippen molar-refractivity contribution in [2.75, 3.05) is 6.54 Å². The quantitative estimate of drug-likeness (QED) is 0.842. The predicted molar refractivity (Wildman–Crippen MR) is 68.9 cm³/mol. The van der Waals surface area contributed by atoms with Crippen molar-refractivity contribution in [3.8, 4) is 11.3 Å². The third-order valence-electron chi connectivity index (χ3n) is 2.47. The lowest BCUT2D eigenvalue weighted by atomic mass is 10.2. The van der Waals surface area contributed by atoms with Crippen LogP contribution < -0.4 is 5.32 Å². The molecule has 0 aliphatic carbocycles. The second-order valence-electron chi connectivity index (χ2n) is 3.90. The van der Waals surface area contributed by atoms with E-state index in [0.717, 1.165) is 13.0 Å². The van der Waals surface area contributed by atoms with E-state index in [1.165, 1.54) is 6.07 Å². The van der Waals surface area contributed by atoms with E-state index in [1.807, 2.05) is 0 Å². The Morgan fingerprint density at radius 3 is 3.06 bits per heavy atom. The van der Waals surface area contributed by atoms with E-state index in [-0.39, 0.29) is 5.02 Å². The first kappa shape index (κ1) is 13.1. The first-order valence-corrected chi connectivity index (χ1v) is 6.20. The van der Waals surface area contributed by atoms with E-state index < -0.39 is 5.82 Å². The number of benzene rings is 1. The van der Waals surface area contributed by atoms with Crippen molar-refractivity contribution < 1.29 is 8.81 Å². The van der Waals surface area contributed by atoms with Crippen LogP contribution >= 0.6 is 11.6 Å². The molecule has 2 aromatic rings. The first-order valence-electron chi connectivity index (χ1n) is 5.82. The third kappa shape index (κ3) is 2.89. The van der Waals surface area contributed by atoms with Gasteiger partial charge in [0, 0.05) is 5.56 Å². The van der Waals surface area contributed by atoms with Gasteiger partial charge in [-0.2, -0.15) is 0 Å². The average molecular weight is 269 g/mol. The summed E-state index contributed by atoms with van der Waals surface area (Å²) in [4.78, 5) is 4.12. The van der Waals surface area contributed by atoms with Gasteiger partial charge >= 0.3 is 0 Å². The third-order valence-corrected chi connectivity index (χ3v) is 2.86. The first-order chi connectivity index (χ1) is 8.72. The Hall–Kier alpha value is -1.39. The number of oxazole rings is 1. The number of aromatic nitrogens is 1. The molecule has 1 heterocycles. The second kappa shape index (κ2) is 5.98. The van der Waals surface area contributed by atoms with Crippen LogP contribution in [-0.2, 0) is 6.54 Å². The summed E-state index contributed by atoms with van der Waals surface area (Å²) in [5.74, 6) is 0.586. The second-order valence-corrected chi connectivity index (χ2v) is 4.27. The topological polar surface area (TPSA) is 38.1 Å². The highest BCUT2D eigenvalue weighted by Crippen LogP contribution is 2.30. The van der Waals surface area contributed by atoms with E-state index >= 15 is 0 Å². The van der Waals surface area contributed by atoms with Crippen LogP contribution in [0.3, 0.4) is 0 Å². The van der Waals surface area contributed by atoms with Crippen molar-refractivity contribution in [1.29, 1.82) is 0 Å².